The van der Waals surface area contributed by atoms with Gasteiger partial charge in [-0.1, -0.05) is 34.6 Å². The summed E-state index contributed by atoms with van der Waals surface area (Å²) in [5.74, 6) is 1.75. The first-order valence-electron chi connectivity index (χ1n) is 6.57. The maximum Gasteiger partial charge on any atom is 0.223 e. The number of piperidine rings is 1. The third kappa shape index (κ3) is 4.15. The average molecular weight is 225 g/mol. The summed E-state index contributed by atoms with van der Waals surface area (Å²) in [6.07, 6.45) is 3.15. The zero-order valence-electron chi connectivity index (χ0n) is 11.5. The molecule has 16 heavy (non-hydrogen) atoms. The van der Waals surface area contributed by atoms with Crippen LogP contribution in [-0.2, 0) is 4.79 Å². The average Bonchev–Trinajstić information content (AvgIpc) is 2.15. The van der Waals surface area contributed by atoms with Crippen molar-refractivity contribution < 1.29 is 4.79 Å². The molecule has 1 heterocycles. The highest BCUT2D eigenvalue weighted by Crippen LogP contribution is 2.26. The molecule has 2 heteroatoms. The maximum atomic E-state index is 12.1. The summed E-state index contributed by atoms with van der Waals surface area (Å²) in [4.78, 5) is 14.2. The Balaban J connectivity index is 2.50. The van der Waals surface area contributed by atoms with E-state index < -0.39 is 0 Å². The van der Waals surface area contributed by atoms with Gasteiger partial charge in [-0.2, -0.15) is 0 Å². The van der Waals surface area contributed by atoms with Gasteiger partial charge in [0.15, 0.2) is 0 Å². The van der Waals surface area contributed by atoms with E-state index in [0.29, 0.717) is 24.2 Å². The van der Waals surface area contributed by atoms with E-state index in [-0.39, 0.29) is 5.41 Å². The molecule has 1 aliphatic heterocycles. The zero-order chi connectivity index (χ0) is 12.3. The largest absolute Gasteiger partial charge is 0.342 e. The minimum atomic E-state index is 0.113. The Morgan fingerprint density at radius 1 is 1.38 bits per heavy atom. The molecule has 0 saturated carbocycles. The fourth-order valence-corrected chi connectivity index (χ4v) is 2.35. The molecule has 0 radical (unpaired) electrons. The smallest absolute Gasteiger partial charge is 0.223 e. The lowest BCUT2D eigenvalue weighted by atomic mass is 9.86. The minimum Gasteiger partial charge on any atom is -0.342 e. The Morgan fingerprint density at radius 3 is 2.50 bits per heavy atom. The molecule has 0 aromatic carbocycles. The van der Waals surface area contributed by atoms with Crippen molar-refractivity contribution in [3.8, 4) is 0 Å². The molecule has 0 aliphatic carbocycles. The van der Waals surface area contributed by atoms with Crippen molar-refractivity contribution in [2.45, 2.75) is 53.9 Å². The lowest BCUT2D eigenvalue weighted by Gasteiger charge is -2.36. The van der Waals surface area contributed by atoms with E-state index in [0.717, 1.165) is 13.1 Å². The van der Waals surface area contributed by atoms with E-state index in [4.69, 9.17) is 0 Å². The summed E-state index contributed by atoms with van der Waals surface area (Å²) in [5, 5.41) is 0. The molecule has 0 N–H and O–H groups in total. The summed E-state index contributed by atoms with van der Waals surface area (Å²) in [6, 6.07) is 0. The highest BCUT2D eigenvalue weighted by atomic mass is 16.2. The second-order valence-electron chi connectivity index (χ2n) is 6.72. The second-order valence-corrected chi connectivity index (χ2v) is 6.72. The number of hydrogen-bond donors (Lipinski definition) is 0. The van der Waals surface area contributed by atoms with Crippen LogP contribution in [0, 0.1) is 17.3 Å². The van der Waals surface area contributed by atoms with Crippen molar-refractivity contribution in [1.82, 2.24) is 4.90 Å². The normalized spacial score (nSPS) is 22.6. The third-order valence-electron chi connectivity index (χ3n) is 3.43. The van der Waals surface area contributed by atoms with Crippen LogP contribution >= 0.6 is 0 Å². The fourth-order valence-electron chi connectivity index (χ4n) is 2.35. The SMILES string of the molecule is CC(C)C1CCCN(C(=O)CC(C)(C)C)C1. The van der Waals surface area contributed by atoms with Gasteiger partial charge in [0.05, 0.1) is 0 Å². The molecule has 1 atom stereocenters. The second kappa shape index (κ2) is 5.20. The van der Waals surface area contributed by atoms with Crippen LogP contribution in [0.3, 0.4) is 0 Å². The van der Waals surface area contributed by atoms with Gasteiger partial charge in [0.2, 0.25) is 5.91 Å². The van der Waals surface area contributed by atoms with E-state index in [1.54, 1.807) is 0 Å². The van der Waals surface area contributed by atoms with Gasteiger partial charge in [-0.05, 0) is 30.1 Å². The van der Waals surface area contributed by atoms with Gasteiger partial charge in [-0.15, -0.1) is 0 Å². The van der Waals surface area contributed by atoms with Gasteiger partial charge in [0, 0.05) is 19.5 Å². The Hall–Kier alpha value is -0.530. The van der Waals surface area contributed by atoms with E-state index in [1.807, 2.05) is 0 Å². The first kappa shape index (κ1) is 13.5. The van der Waals surface area contributed by atoms with Crippen LogP contribution in [0.2, 0.25) is 0 Å². The Kier molecular flexibility index (Phi) is 4.40. The summed E-state index contributed by atoms with van der Waals surface area (Å²) >= 11 is 0. The predicted molar refractivity (Wildman–Crippen MR) is 68.2 cm³/mol. The zero-order valence-corrected chi connectivity index (χ0v) is 11.5. The topological polar surface area (TPSA) is 20.3 Å². The summed E-state index contributed by atoms with van der Waals surface area (Å²) in [7, 11) is 0. The van der Waals surface area contributed by atoms with Crippen LogP contribution in [0.15, 0.2) is 0 Å². The van der Waals surface area contributed by atoms with Crippen molar-refractivity contribution in [1.29, 1.82) is 0 Å². The van der Waals surface area contributed by atoms with Gasteiger partial charge in [-0.25, -0.2) is 0 Å². The van der Waals surface area contributed by atoms with Crippen LogP contribution < -0.4 is 0 Å². The monoisotopic (exact) mass is 225 g/mol. The van der Waals surface area contributed by atoms with Crippen molar-refractivity contribution in [2.75, 3.05) is 13.1 Å². The van der Waals surface area contributed by atoms with Gasteiger partial charge in [-0.3, -0.25) is 4.79 Å². The Labute approximate surface area is 100 Å². The summed E-state index contributed by atoms with van der Waals surface area (Å²) < 4.78 is 0. The Morgan fingerprint density at radius 2 is 2.00 bits per heavy atom. The lowest BCUT2D eigenvalue weighted by Crippen LogP contribution is -2.42. The molecule has 1 saturated heterocycles. The lowest BCUT2D eigenvalue weighted by molar-refractivity contribution is -0.135. The van der Waals surface area contributed by atoms with Gasteiger partial charge in [0.25, 0.3) is 0 Å². The maximum absolute atomic E-state index is 12.1. The molecule has 1 unspecified atom stereocenters. The molecular formula is C14H27NO. The molecule has 0 bridgehead atoms. The first-order chi connectivity index (χ1) is 7.29. The van der Waals surface area contributed by atoms with E-state index >= 15 is 0 Å². The molecule has 2 nitrogen and oxygen atoms in total. The van der Waals surface area contributed by atoms with Crippen LogP contribution in [0.25, 0.3) is 0 Å². The van der Waals surface area contributed by atoms with E-state index in [2.05, 4.69) is 39.5 Å². The molecule has 0 aromatic rings. The molecule has 0 spiro atoms. The number of carbonyl (C=O) groups is 1. The molecule has 94 valence electrons. The van der Waals surface area contributed by atoms with E-state index in [1.165, 1.54) is 12.8 Å². The van der Waals surface area contributed by atoms with Crippen LogP contribution in [0.4, 0.5) is 0 Å². The van der Waals surface area contributed by atoms with Crippen molar-refractivity contribution >= 4 is 5.91 Å². The van der Waals surface area contributed by atoms with Gasteiger partial charge >= 0.3 is 0 Å². The third-order valence-corrected chi connectivity index (χ3v) is 3.43. The quantitative estimate of drug-likeness (QED) is 0.706. The van der Waals surface area contributed by atoms with Gasteiger partial charge in [0.1, 0.15) is 0 Å². The first-order valence-corrected chi connectivity index (χ1v) is 6.57. The molecule has 1 amide bonds. The van der Waals surface area contributed by atoms with Crippen molar-refractivity contribution in [2.24, 2.45) is 17.3 Å². The van der Waals surface area contributed by atoms with Crippen LogP contribution in [0.5, 0.6) is 0 Å². The number of nitrogens with zero attached hydrogens (tertiary/aromatic N) is 1. The van der Waals surface area contributed by atoms with Gasteiger partial charge < -0.3 is 4.90 Å². The van der Waals surface area contributed by atoms with Crippen LogP contribution in [-0.4, -0.2) is 23.9 Å². The standard InChI is InChI=1S/C14H27NO/c1-11(2)12-7-6-8-15(10-12)13(16)9-14(3,4)5/h11-12H,6-10H2,1-5H3. The number of rotatable bonds is 2. The number of hydrogen-bond acceptors (Lipinski definition) is 1. The predicted octanol–water partition coefficient (Wildman–Crippen LogP) is 3.32. The highest BCUT2D eigenvalue weighted by molar-refractivity contribution is 5.76. The van der Waals surface area contributed by atoms with Crippen LogP contribution in [0.1, 0.15) is 53.9 Å². The molecular weight excluding hydrogens is 198 g/mol. The Bertz CT molecular complexity index is 240. The number of amides is 1. The minimum absolute atomic E-state index is 0.113. The van der Waals surface area contributed by atoms with Crippen molar-refractivity contribution in [3.05, 3.63) is 0 Å². The summed E-state index contributed by atoms with van der Waals surface area (Å²) in [6.45, 7) is 12.9. The molecule has 1 aliphatic rings. The summed E-state index contributed by atoms with van der Waals surface area (Å²) in [5.41, 5.74) is 0.113. The fraction of sp³-hybridized carbons (Fsp3) is 0.929. The molecule has 1 rings (SSSR count). The van der Waals surface area contributed by atoms with Crippen molar-refractivity contribution in [3.63, 3.8) is 0 Å². The number of carbonyl (C=O) groups excluding carboxylic acids is 1. The number of likely N-dealkylation sites (tertiary alicyclic amines) is 1. The van der Waals surface area contributed by atoms with E-state index in [9.17, 15) is 4.79 Å². The molecule has 0 aromatic heterocycles. The highest BCUT2D eigenvalue weighted by Gasteiger charge is 2.27. The molecule has 1 fully saturated rings.